The number of rotatable bonds is 5. The van der Waals surface area contributed by atoms with Crippen LogP contribution in [0.5, 0.6) is 0 Å². The van der Waals surface area contributed by atoms with Gasteiger partial charge >= 0.3 is 6.18 Å². The standard InChI is InChI=1S/C27H27F3N4OS/c1-26(2,35)11-9-23-24(19-5-6-20-15-32-12-10-18(20)14-19)36-25(34-23)33-16-22(31)13-17-3-7-21(8-4-17)27(28,29)30/h3-8,10,12,14-15,22-24,35H,13,16,31H2,1-2H3,(H,33,34)/t22-,23?,24?/m0/s1. The molecule has 4 rings (SSSR count). The molecule has 3 atom stereocenters. The van der Waals surface area contributed by atoms with Gasteiger partial charge in [-0.25, -0.2) is 4.99 Å². The number of aliphatic imine (C=N–C) groups is 1. The maximum atomic E-state index is 12.8. The van der Waals surface area contributed by atoms with Crippen molar-refractivity contribution in [3.05, 3.63) is 77.6 Å². The van der Waals surface area contributed by atoms with Gasteiger partial charge in [-0.15, -0.1) is 0 Å². The zero-order valence-electron chi connectivity index (χ0n) is 19.9. The molecule has 0 aliphatic carbocycles. The van der Waals surface area contributed by atoms with Crippen molar-refractivity contribution in [2.24, 2.45) is 10.7 Å². The van der Waals surface area contributed by atoms with Crippen LogP contribution in [0.25, 0.3) is 10.8 Å². The van der Waals surface area contributed by atoms with Crippen molar-refractivity contribution in [2.45, 2.75) is 49.4 Å². The number of nitrogens with one attached hydrogen (secondary N) is 1. The van der Waals surface area contributed by atoms with E-state index < -0.39 is 17.3 Å². The number of aliphatic hydroxyl groups is 1. The predicted molar refractivity (Wildman–Crippen MR) is 138 cm³/mol. The maximum absolute atomic E-state index is 12.8. The van der Waals surface area contributed by atoms with Crippen molar-refractivity contribution in [1.29, 1.82) is 0 Å². The van der Waals surface area contributed by atoms with Crippen LogP contribution in [0.4, 0.5) is 13.2 Å². The molecule has 9 heteroatoms. The summed E-state index contributed by atoms with van der Waals surface area (Å²) in [6.07, 6.45) is -0.370. The van der Waals surface area contributed by atoms with E-state index in [1.165, 1.54) is 12.1 Å². The van der Waals surface area contributed by atoms with Gasteiger partial charge in [0.1, 0.15) is 11.6 Å². The van der Waals surface area contributed by atoms with Gasteiger partial charge in [-0.1, -0.05) is 47.9 Å². The zero-order valence-corrected chi connectivity index (χ0v) is 20.7. The van der Waals surface area contributed by atoms with E-state index in [9.17, 15) is 18.3 Å². The van der Waals surface area contributed by atoms with Crippen LogP contribution in [-0.4, -0.2) is 39.5 Å². The van der Waals surface area contributed by atoms with Gasteiger partial charge in [-0.05, 0) is 61.0 Å². The second-order valence-corrected chi connectivity index (χ2v) is 10.4. The number of aromatic nitrogens is 1. The number of amidine groups is 1. The largest absolute Gasteiger partial charge is 0.416 e. The van der Waals surface area contributed by atoms with Crippen molar-refractivity contribution in [2.75, 3.05) is 6.54 Å². The molecule has 1 aliphatic heterocycles. The summed E-state index contributed by atoms with van der Waals surface area (Å²) in [5.41, 5.74) is 6.23. The number of benzene rings is 2. The summed E-state index contributed by atoms with van der Waals surface area (Å²) < 4.78 is 38.3. The fourth-order valence-corrected chi connectivity index (χ4v) is 4.93. The molecule has 2 aromatic carbocycles. The Morgan fingerprint density at radius 2 is 1.86 bits per heavy atom. The quantitative estimate of drug-likeness (QED) is 0.432. The molecule has 2 heterocycles. The molecule has 36 heavy (non-hydrogen) atoms. The van der Waals surface area contributed by atoms with E-state index in [1.54, 1.807) is 31.8 Å². The van der Waals surface area contributed by atoms with Crippen LogP contribution in [0.15, 0.2) is 65.9 Å². The van der Waals surface area contributed by atoms with E-state index in [0.717, 1.165) is 34.0 Å². The molecule has 0 saturated heterocycles. The van der Waals surface area contributed by atoms with Crippen molar-refractivity contribution in [1.82, 2.24) is 10.3 Å². The van der Waals surface area contributed by atoms with Crippen molar-refractivity contribution >= 4 is 27.7 Å². The topological polar surface area (TPSA) is 83.5 Å². The second-order valence-electron chi connectivity index (χ2n) is 9.27. The first-order valence-corrected chi connectivity index (χ1v) is 12.3. The monoisotopic (exact) mass is 512 g/mol. The summed E-state index contributed by atoms with van der Waals surface area (Å²) in [6, 6.07) is 12.5. The summed E-state index contributed by atoms with van der Waals surface area (Å²) in [5.74, 6) is 5.99. The summed E-state index contributed by atoms with van der Waals surface area (Å²) in [7, 11) is 0. The molecule has 2 unspecified atom stereocenters. The fourth-order valence-electron chi connectivity index (χ4n) is 3.81. The van der Waals surface area contributed by atoms with Crippen molar-refractivity contribution < 1.29 is 18.3 Å². The molecule has 0 spiro atoms. The highest BCUT2D eigenvalue weighted by atomic mass is 32.2. The number of halogens is 3. The Labute approximate surface area is 212 Å². The number of nitrogens with two attached hydrogens (primary N) is 1. The van der Waals surface area contributed by atoms with Gasteiger partial charge in [0.05, 0.1) is 10.8 Å². The van der Waals surface area contributed by atoms with Gasteiger partial charge in [0.2, 0.25) is 0 Å². The number of fused-ring (bicyclic) bond motifs is 1. The third-order valence-electron chi connectivity index (χ3n) is 5.60. The molecule has 0 radical (unpaired) electrons. The predicted octanol–water partition coefficient (Wildman–Crippen LogP) is 4.70. The number of thioether (sulfide) groups is 1. The Bertz CT molecular complexity index is 1310. The van der Waals surface area contributed by atoms with Gasteiger partial charge < -0.3 is 16.2 Å². The maximum Gasteiger partial charge on any atom is 0.416 e. The third kappa shape index (κ3) is 6.78. The lowest BCUT2D eigenvalue weighted by atomic mass is 10.0. The number of hydrogen-bond acceptors (Lipinski definition) is 6. The Morgan fingerprint density at radius 1 is 1.11 bits per heavy atom. The number of hydrogen-bond donors (Lipinski definition) is 3. The minimum absolute atomic E-state index is 0.0777. The third-order valence-corrected chi connectivity index (χ3v) is 6.85. The molecule has 3 aromatic rings. The van der Waals surface area contributed by atoms with Crippen LogP contribution in [0.1, 0.15) is 35.8 Å². The Balaban J connectivity index is 1.44. The average Bonchev–Trinajstić information content (AvgIpc) is 3.24. The molecule has 0 fully saturated rings. The number of nitrogens with zero attached hydrogens (tertiary/aromatic N) is 2. The van der Waals surface area contributed by atoms with E-state index >= 15 is 0 Å². The van der Waals surface area contributed by atoms with E-state index in [-0.39, 0.29) is 17.3 Å². The smallest absolute Gasteiger partial charge is 0.378 e. The molecular weight excluding hydrogens is 485 g/mol. The summed E-state index contributed by atoms with van der Waals surface area (Å²) in [6.45, 7) is 3.65. The Morgan fingerprint density at radius 3 is 2.56 bits per heavy atom. The minimum atomic E-state index is -4.36. The normalized spacial score (nSPS) is 18.9. The lowest BCUT2D eigenvalue weighted by Gasteiger charge is -2.16. The lowest BCUT2D eigenvalue weighted by Crippen LogP contribution is -2.37. The average molecular weight is 513 g/mol. The van der Waals surface area contributed by atoms with Gasteiger partial charge in [0.15, 0.2) is 5.17 Å². The molecule has 4 N–H and O–H groups in total. The first kappa shape index (κ1) is 26.0. The second kappa shape index (κ2) is 10.5. The molecule has 0 bridgehead atoms. The van der Waals surface area contributed by atoms with Crippen LogP contribution in [0.2, 0.25) is 0 Å². The molecule has 188 valence electrons. The molecule has 1 aliphatic rings. The summed E-state index contributed by atoms with van der Waals surface area (Å²) in [4.78, 5) is 8.90. The van der Waals surface area contributed by atoms with Gasteiger partial charge in [0.25, 0.3) is 0 Å². The fraction of sp³-hybridized carbons (Fsp3) is 0.333. The van der Waals surface area contributed by atoms with Crippen LogP contribution in [0.3, 0.4) is 0 Å². The molecule has 1 aromatic heterocycles. The highest BCUT2D eigenvalue weighted by Crippen LogP contribution is 2.40. The Hall–Kier alpha value is -3.06. The van der Waals surface area contributed by atoms with Gasteiger partial charge in [-0.2, -0.15) is 13.2 Å². The van der Waals surface area contributed by atoms with Crippen LogP contribution >= 0.6 is 11.8 Å². The van der Waals surface area contributed by atoms with Crippen LogP contribution < -0.4 is 11.1 Å². The van der Waals surface area contributed by atoms with E-state index in [0.29, 0.717) is 18.1 Å². The molecular formula is C27H27F3N4OS. The molecule has 5 nitrogen and oxygen atoms in total. The van der Waals surface area contributed by atoms with E-state index in [1.807, 2.05) is 24.4 Å². The van der Waals surface area contributed by atoms with Crippen molar-refractivity contribution in [3.63, 3.8) is 0 Å². The van der Waals surface area contributed by atoms with E-state index in [4.69, 9.17) is 10.7 Å². The summed E-state index contributed by atoms with van der Waals surface area (Å²) in [5, 5.41) is 16.1. The molecule has 0 saturated carbocycles. The molecule has 0 amide bonds. The van der Waals surface area contributed by atoms with Gasteiger partial charge in [-0.3, -0.25) is 4.98 Å². The van der Waals surface area contributed by atoms with Gasteiger partial charge in [0, 0.05) is 30.4 Å². The van der Waals surface area contributed by atoms with E-state index in [2.05, 4.69) is 28.2 Å². The van der Waals surface area contributed by atoms with Crippen LogP contribution in [0, 0.1) is 11.8 Å². The first-order chi connectivity index (χ1) is 17.0. The lowest BCUT2D eigenvalue weighted by molar-refractivity contribution is -0.137. The number of alkyl halides is 3. The number of pyridine rings is 1. The first-order valence-electron chi connectivity index (χ1n) is 11.5. The highest BCUT2D eigenvalue weighted by Gasteiger charge is 2.32. The summed E-state index contributed by atoms with van der Waals surface area (Å²) >= 11 is 1.54. The highest BCUT2D eigenvalue weighted by molar-refractivity contribution is 8.14. The Kier molecular flexibility index (Phi) is 7.59. The van der Waals surface area contributed by atoms with Crippen molar-refractivity contribution in [3.8, 4) is 11.8 Å². The SMILES string of the molecule is CC(C)(O)C#CC1N=C(NC[C@@H](N)Cc2ccc(C(F)(F)F)cc2)SC1c1ccc2cnccc2c1. The zero-order chi connectivity index (χ0) is 25.9. The van der Waals surface area contributed by atoms with Crippen LogP contribution in [-0.2, 0) is 12.6 Å². The minimum Gasteiger partial charge on any atom is -0.378 e.